The van der Waals surface area contributed by atoms with Gasteiger partial charge in [-0.1, -0.05) is 29.8 Å². The molecular weight excluding hydrogens is 608 g/mol. The molecule has 0 unspecified atom stereocenters. The predicted octanol–water partition coefficient (Wildman–Crippen LogP) is 5.86. The van der Waals surface area contributed by atoms with Gasteiger partial charge in [-0.15, -0.1) is 13.2 Å². The Morgan fingerprint density at radius 1 is 1.00 bits per heavy atom. The highest BCUT2D eigenvalue weighted by molar-refractivity contribution is 6.32. The highest BCUT2D eigenvalue weighted by Crippen LogP contribution is 2.34. The minimum Gasteiger partial charge on any atom is -0.482 e. The summed E-state index contributed by atoms with van der Waals surface area (Å²) in [6.45, 7) is -0.984. The van der Waals surface area contributed by atoms with Crippen LogP contribution < -0.4 is 14.8 Å². The zero-order valence-electron chi connectivity index (χ0n) is 22.2. The Morgan fingerprint density at radius 3 is 2.40 bits per heavy atom. The molecule has 0 radical (unpaired) electrons. The van der Waals surface area contributed by atoms with E-state index in [0.29, 0.717) is 5.56 Å². The van der Waals surface area contributed by atoms with Gasteiger partial charge in [-0.25, -0.2) is 0 Å². The topological polar surface area (TPSA) is 88.2 Å². The van der Waals surface area contributed by atoms with Crippen LogP contribution in [-0.2, 0) is 15.8 Å². The van der Waals surface area contributed by atoms with E-state index in [4.69, 9.17) is 16.3 Å². The van der Waals surface area contributed by atoms with Gasteiger partial charge in [0.05, 0.1) is 21.8 Å². The van der Waals surface area contributed by atoms with Crippen LogP contribution in [0.2, 0.25) is 5.02 Å². The summed E-state index contributed by atoms with van der Waals surface area (Å²) in [7, 11) is 1.41. The molecule has 1 heterocycles. The first-order valence-electron chi connectivity index (χ1n) is 12.4. The lowest BCUT2D eigenvalue weighted by molar-refractivity contribution is -0.274. The molecule has 0 saturated carbocycles. The summed E-state index contributed by atoms with van der Waals surface area (Å²) in [5, 5.41) is 2.38. The van der Waals surface area contributed by atoms with E-state index < -0.39 is 48.2 Å². The number of ether oxygens (including phenoxy) is 2. The second-order valence-corrected chi connectivity index (χ2v) is 9.77. The average Bonchev–Trinajstić information content (AvgIpc) is 3.04. The van der Waals surface area contributed by atoms with E-state index in [1.807, 2.05) is 0 Å². The third kappa shape index (κ3) is 8.09. The standard InChI is InChI=1S/C28H22ClF6N3O5/c1-37(25(40)15-42-23-8-6-19(13-21(23)29)43-28(33,34)35)9-10-38-14-24(39)36-22-7-5-17(12-20(22)26(38)41)16-3-2-4-18(11-16)27(30,31)32/h2-8,11-13H,9-10,14-15H2,1H3,(H,36,39). The number of benzene rings is 3. The largest absolute Gasteiger partial charge is 0.573 e. The van der Waals surface area contributed by atoms with Gasteiger partial charge in [-0.3, -0.25) is 14.4 Å². The minimum absolute atomic E-state index is 0.0318. The van der Waals surface area contributed by atoms with Crippen molar-refractivity contribution in [2.24, 2.45) is 0 Å². The van der Waals surface area contributed by atoms with Gasteiger partial charge in [0, 0.05) is 26.2 Å². The summed E-state index contributed by atoms with van der Waals surface area (Å²) in [6, 6.07) is 11.9. The molecule has 0 saturated heterocycles. The maximum absolute atomic E-state index is 13.4. The van der Waals surface area contributed by atoms with Crippen molar-refractivity contribution in [3.8, 4) is 22.6 Å². The van der Waals surface area contributed by atoms with E-state index in [9.17, 15) is 40.7 Å². The zero-order chi connectivity index (χ0) is 31.5. The molecule has 1 aliphatic rings. The molecule has 1 aliphatic heterocycles. The van der Waals surface area contributed by atoms with Gasteiger partial charge in [0.15, 0.2) is 6.61 Å². The van der Waals surface area contributed by atoms with Crippen molar-refractivity contribution in [2.45, 2.75) is 12.5 Å². The SMILES string of the molecule is CN(CCN1CC(=O)Nc2ccc(-c3cccc(C(F)(F)F)c3)cc2C1=O)C(=O)COc1ccc(OC(F)(F)F)cc1Cl. The molecule has 43 heavy (non-hydrogen) atoms. The fourth-order valence-electron chi connectivity index (χ4n) is 4.11. The number of carbonyl (C=O) groups is 3. The number of alkyl halides is 6. The van der Waals surface area contributed by atoms with E-state index in [-0.39, 0.29) is 47.2 Å². The molecule has 0 spiro atoms. The Bertz CT molecular complexity index is 1550. The van der Waals surface area contributed by atoms with Crippen LogP contribution in [-0.4, -0.2) is 67.2 Å². The number of nitrogens with zero attached hydrogens (tertiary/aromatic N) is 2. The molecule has 228 valence electrons. The summed E-state index contributed by atoms with van der Waals surface area (Å²) in [6.07, 6.45) is -9.47. The lowest BCUT2D eigenvalue weighted by Gasteiger charge is -2.24. The smallest absolute Gasteiger partial charge is 0.482 e. The van der Waals surface area contributed by atoms with Crippen molar-refractivity contribution < 1.29 is 50.2 Å². The van der Waals surface area contributed by atoms with Crippen LogP contribution in [0.25, 0.3) is 11.1 Å². The molecule has 3 aromatic rings. The lowest BCUT2D eigenvalue weighted by atomic mass is 9.99. The Labute approximate surface area is 245 Å². The second-order valence-electron chi connectivity index (χ2n) is 9.36. The Morgan fingerprint density at radius 2 is 1.72 bits per heavy atom. The summed E-state index contributed by atoms with van der Waals surface area (Å²) >= 11 is 5.92. The number of hydrogen-bond donors (Lipinski definition) is 1. The van der Waals surface area contributed by atoms with Crippen LogP contribution in [0.3, 0.4) is 0 Å². The molecular formula is C28H22ClF6N3O5. The highest BCUT2D eigenvalue weighted by atomic mass is 35.5. The maximum atomic E-state index is 13.4. The third-order valence-electron chi connectivity index (χ3n) is 6.29. The van der Waals surface area contributed by atoms with Gasteiger partial charge >= 0.3 is 12.5 Å². The summed E-state index contributed by atoms with van der Waals surface area (Å²) in [4.78, 5) is 40.8. The van der Waals surface area contributed by atoms with E-state index in [2.05, 4.69) is 10.1 Å². The quantitative estimate of drug-likeness (QED) is 0.316. The second kappa shape index (κ2) is 12.4. The monoisotopic (exact) mass is 629 g/mol. The van der Waals surface area contributed by atoms with Crippen LogP contribution in [0, 0.1) is 0 Å². The molecule has 15 heteroatoms. The summed E-state index contributed by atoms with van der Waals surface area (Å²) < 4.78 is 85.8. The number of likely N-dealkylation sites (N-methyl/N-ethyl adjacent to an activating group) is 1. The first kappa shape index (κ1) is 31.5. The Kier molecular flexibility index (Phi) is 9.09. The molecule has 0 aromatic heterocycles. The normalized spacial score (nSPS) is 13.6. The zero-order valence-corrected chi connectivity index (χ0v) is 22.9. The molecule has 0 fully saturated rings. The van der Waals surface area contributed by atoms with E-state index in [0.717, 1.165) is 30.3 Å². The predicted molar refractivity (Wildman–Crippen MR) is 143 cm³/mol. The van der Waals surface area contributed by atoms with E-state index in [1.54, 1.807) is 0 Å². The van der Waals surface area contributed by atoms with Crippen LogP contribution in [0.15, 0.2) is 60.7 Å². The molecule has 8 nitrogen and oxygen atoms in total. The van der Waals surface area contributed by atoms with Crippen LogP contribution in [0.5, 0.6) is 11.5 Å². The van der Waals surface area contributed by atoms with Gasteiger partial charge in [0.25, 0.3) is 11.8 Å². The number of nitrogens with one attached hydrogen (secondary N) is 1. The van der Waals surface area contributed by atoms with Crippen molar-refractivity contribution in [2.75, 3.05) is 38.6 Å². The fraction of sp³-hybridized carbons (Fsp3) is 0.250. The van der Waals surface area contributed by atoms with Gasteiger partial charge in [0.1, 0.15) is 18.0 Å². The van der Waals surface area contributed by atoms with Crippen molar-refractivity contribution in [3.05, 3.63) is 76.8 Å². The van der Waals surface area contributed by atoms with Gasteiger partial charge < -0.3 is 24.6 Å². The average molecular weight is 630 g/mol. The molecule has 0 aliphatic carbocycles. The molecule has 3 amide bonds. The maximum Gasteiger partial charge on any atom is 0.573 e. The fourth-order valence-corrected chi connectivity index (χ4v) is 4.34. The van der Waals surface area contributed by atoms with Crippen molar-refractivity contribution >= 4 is 35.0 Å². The van der Waals surface area contributed by atoms with E-state index >= 15 is 0 Å². The van der Waals surface area contributed by atoms with Crippen LogP contribution in [0.4, 0.5) is 32.0 Å². The number of halogens is 7. The van der Waals surface area contributed by atoms with Crippen LogP contribution in [0.1, 0.15) is 15.9 Å². The number of fused-ring (bicyclic) bond motifs is 1. The van der Waals surface area contributed by atoms with Crippen LogP contribution >= 0.6 is 11.6 Å². The van der Waals surface area contributed by atoms with Gasteiger partial charge in [-0.2, -0.15) is 13.2 Å². The minimum atomic E-state index is -4.91. The number of carbonyl (C=O) groups excluding carboxylic acids is 3. The first-order valence-corrected chi connectivity index (χ1v) is 12.8. The molecule has 3 aromatic carbocycles. The summed E-state index contributed by atoms with van der Waals surface area (Å²) in [5.74, 6) is -2.28. The number of amides is 3. The van der Waals surface area contributed by atoms with Gasteiger partial charge in [-0.05, 0) is 47.5 Å². The highest BCUT2D eigenvalue weighted by Gasteiger charge is 2.32. The van der Waals surface area contributed by atoms with Gasteiger partial charge in [0.2, 0.25) is 5.91 Å². The molecule has 1 N–H and O–H groups in total. The number of rotatable bonds is 8. The lowest BCUT2D eigenvalue weighted by Crippen LogP contribution is -2.42. The third-order valence-corrected chi connectivity index (χ3v) is 6.58. The summed E-state index contributed by atoms with van der Waals surface area (Å²) in [5.41, 5.74) is -0.0520. The Balaban J connectivity index is 1.41. The van der Waals surface area contributed by atoms with E-state index in [1.165, 1.54) is 47.2 Å². The molecule has 0 bridgehead atoms. The number of hydrogen-bond acceptors (Lipinski definition) is 5. The van der Waals surface area contributed by atoms with Crippen molar-refractivity contribution in [3.63, 3.8) is 0 Å². The molecule has 4 rings (SSSR count). The molecule has 0 atom stereocenters. The van der Waals surface area contributed by atoms with Crippen molar-refractivity contribution in [1.29, 1.82) is 0 Å². The number of anilines is 1. The first-order chi connectivity index (χ1) is 20.1. The van der Waals surface area contributed by atoms with Crippen molar-refractivity contribution in [1.82, 2.24) is 9.80 Å². The Hall–Kier alpha value is -4.46.